The zero-order chi connectivity index (χ0) is 13.1. The van der Waals surface area contributed by atoms with Crippen LogP contribution in [0.4, 0.5) is 5.69 Å². The van der Waals surface area contributed by atoms with Crippen molar-refractivity contribution in [2.75, 3.05) is 31.2 Å². The van der Waals surface area contributed by atoms with E-state index < -0.39 is 0 Å². The van der Waals surface area contributed by atoms with Crippen LogP contribution in [0.3, 0.4) is 0 Å². The van der Waals surface area contributed by atoms with Crippen LogP contribution in [0.15, 0.2) is 36.4 Å². The number of fused-ring (bicyclic) bond motifs is 1. The van der Waals surface area contributed by atoms with Crippen LogP contribution < -0.4 is 4.90 Å². The minimum atomic E-state index is 0.741. The second-order valence-corrected chi connectivity index (χ2v) is 4.74. The lowest BCUT2D eigenvalue weighted by atomic mass is 10.0. The molecule has 2 aromatic rings. The number of rotatable bonds is 1. The standard InChI is InChI=1S/C16H16N2O/c17-12-13-6-7-16(15-5-2-1-4-14(13)15)18-8-3-10-19-11-9-18/h1-2,4-7H,3,8-11H2. The molecular weight excluding hydrogens is 236 g/mol. The molecule has 3 rings (SSSR count). The smallest absolute Gasteiger partial charge is 0.0998 e. The molecule has 0 amide bonds. The molecule has 0 saturated carbocycles. The Morgan fingerprint density at radius 2 is 1.84 bits per heavy atom. The van der Waals surface area contributed by atoms with Gasteiger partial charge in [0.05, 0.1) is 18.2 Å². The Morgan fingerprint density at radius 1 is 1.00 bits per heavy atom. The fourth-order valence-corrected chi connectivity index (χ4v) is 2.64. The molecule has 1 saturated heterocycles. The van der Waals surface area contributed by atoms with Crippen molar-refractivity contribution in [2.45, 2.75) is 6.42 Å². The van der Waals surface area contributed by atoms with Crippen LogP contribution in [0.2, 0.25) is 0 Å². The van der Waals surface area contributed by atoms with Gasteiger partial charge in [-0.1, -0.05) is 24.3 Å². The molecular formula is C16H16N2O. The average Bonchev–Trinajstić information content (AvgIpc) is 2.75. The first-order chi connectivity index (χ1) is 9.40. The first-order valence-electron chi connectivity index (χ1n) is 6.65. The highest BCUT2D eigenvalue weighted by Crippen LogP contribution is 2.29. The molecule has 0 unspecified atom stereocenters. The molecule has 0 aliphatic carbocycles. The fourth-order valence-electron chi connectivity index (χ4n) is 2.64. The predicted molar refractivity (Wildman–Crippen MR) is 76.3 cm³/mol. The summed E-state index contributed by atoms with van der Waals surface area (Å²) >= 11 is 0. The van der Waals surface area contributed by atoms with E-state index in [4.69, 9.17) is 4.74 Å². The van der Waals surface area contributed by atoms with Gasteiger partial charge >= 0.3 is 0 Å². The maximum Gasteiger partial charge on any atom is 0.0998 e. The molecule has 0 radical (unpaired) electrons. The van der Waals surface area contributed by atoms with Crippen molar-refractivity contribution in [3.63, 3.8) is 0 Å². The summed E-state index contributed by atoms with van der Waals surface area (Å²) in [5.41, 5.74) is 1.95. The number of nitriles is 1. The van der Waals surface area contributed by atoms with Gasteiger partial charge in [-0.15, -0.1) is 0 Å². The van der Waals surface area contributed by atoms with Gasteiger partial charge in [0.1, 0.15) is 0 Å². The van der Waals surface area contributed by atoms with Crippen molar-refractivity contribution >= 4 is 16.5 Å². The van der Waals surface area contributed by atoms with E-state index in [1.807, 2.05) is 24.3 Å². The normalized spacial score (nSPS) is 16.1. The lowest BCUT2D eigenvalue weighted by Gasteiger charge is -2.24. The first-order valence-corrected chi connectivity index (χ1v) is 6.65. The SMILES string of the molecule is N#Cc1ccc(N2CCCOCC2)c2ccccc12. The van der Waals surface area contributed by atoms with E-state index in [9.17, 15) is 5.26 Å². The predicted octanol–water partition coefficient (Wildman–Crippen LogP) is 2.94. The average molecular weight is 252 g/mol. The van der Waals surface area contributed by atoms with Crippen molar-refractivity contribution in [3.8, 4) is 6.07 Å². The highest BCUT2D eigenvalue weighted by Gasteiger charge is 2.13. The Hall–Kier alpha value is -2.05. The third-order valence-corrected chi connectivity index (χ3v) is 3.58. The highest BCUT2D eigenvalue weighted by atomic mass is 16.5. The van der Waals surface area contributed by atoms with Crippen LogP contribution in [0.1, 0.15) is 12.0 Å². The zero-order valence-electron chi connectivity index (χ0n) is 10.8. The summed E-state index contributed by atoms with van der Waals surface area (Å²) in [6.45, 7) is 3.53. The van der Waals surface area contributed by atoms with Crippen molar-refractivity contribution in [1.29, 1.82) is 5.26 Å². The third kappa shape index (κ3) is 2.27. The van der Waals surface area contributed by atoms with E-state index >= 15 is 0 Å². The van der Waals surface area contributed by atoms with Gasteiger partial charge in [0.15, 0.2) is 0 Å². The monoisotopic (exact) mass is 252 g/mol. The Morgan fingerprint density at radius 3 is 2.68 bits per heavy atom. The molecule has 96 valence electrons. The summed E-state index contributed by atoms with van der Waals surface area (Å²) in [4.78, 5) is 2.36. The highest BCUT2D eigenvalue weighted by molar-refractivity contribution is 5.97. The number of nitrogens with zero attached hydrogens (tertiary/aromatic N) is 2. The summed E-state index contributed by atoms with van der Waals surface area (Å²) in [6, 6.07) is 14.4. The van der Waals surface area contributed by atoms with Crippen LogP contribution in [0, 0.1) is 11.3 Å². The summed E-state index contributed by atoms with van der Waals surface area (Å²) in [7, 11) is 0. The Balaban J connectivity index is 2.11. The van der Waals surface area contributed by atoms with Crippen molar-refractivity contribution in [1.82, 2.24) is 0 Å². The molecule has 1 heterocycles. The number of hydrogen-bond acceptors (Lipinski definition) is 3. The summed E-state index contributed by atoms with van der Waals surface area (Å²) in [6.07, 6.45) is 1.05. The molecule has 1 fully saturated rings. The van der Waals surface area contributed by atoms with E-state index in [2.05, 4.69) is 23.1 Å². The molecule has 3 nitrogen and oxygen atoms in total. The molecule has 0 N–H and O–H groups in total. The molecule has 1 aliphatic heterocycles. The van der Waals surface area contributed by atoms with Crippen LogP contribution in [-0.4, -0.2) is 26.3 Å². The molecule has 0 atom stereocenters. The van der Waals surface area contributed by atoms with E-state index in [0.29, 0.717) is 0 Å². The molecule has 0 spiro atoms. The van der Waals surface area contributed by atoms with E-state index in [-0.39, 0.29) is 0 Å². The van der Waals surface area contributed by atoms with Crippen molar-refractivity contribution in [3.05, 3.63) is 42.0 Å². The molecule has 2 aromatic carbocycles. The molecule has 19 heavy (non-hydrogen) atoms. The Bertz CT molecular complexity index is 622. The summed E-state index contributed by atoms with van der Waals surface area (Å²) in [5, 5.41) is 11.4. The second kappa shape index (κ2) is 5.29. The lowest BCUT2D eigenvalue weighted by Crippen LogP contribution is -2.26. The zero-order valence-corrected chi connectivity index (χ0v) is 10.8. The minimum absolute atomic E-state index is 0.741. The first kappa shape index (κ1) is 12.0. The third-order valence-electron chi connectivity index (χ3n) is 3.58. The Labute approximate surface area is 113 Å². The molecule has 0 aromatic heterocycles. The van der Waals surface area contributed by atoms with Gasteiger partial charge in [0, 0.05) is 36.2 Å². The minimum Gasteiger partial charge on any atom is -0.380 e. The quantitative estimate of drug-likeness (QED) is 0.783. The van der Waals surface area contributed by atoms with Gasteiger partial charge in [0.2, 0.25) is 0 Å². The van der Waals surface area contributed by atoms with Gasteiger partial charge in [-0.25, -0.2) is 0 Å². The van der Waals surface area contributed by atoms with Gasteiger partial charge in [-0.2, -0.15) is 5.26 Å². The van der Waals surface area contributed by atoms with E-state index in [1.165, 1.54) is 5.69 Å². The van der Waals surface area contributed by atoms with E-state index in [1.54, 1.807) is 0 Å². The fraction of sp³-hybridized carbons (Fsp3) is 0.312. The molecule has 1 aliphatic rings. The Kier molecular flexibility index (Phi) is 3.35. The van der Waals surface area contributed by atoms with Crippen molar-refractivity contribution < 1.29 is 4.74 Å². The maximum absolute atomic E-state index is 9.20. The number of benzene rings is 2. The van der Waals surface area contributed by atoms with Gasteiger partial charge < -0.3 is 9.64 Å². The molecule has 3 heteroatoms. The largest absolute Gasteiger partial charge is 0.380 e. The second-order valence-electron chi connectivity index (χ2n) is 4.74. The van der Waals surface area contributed by atoms with Gasteiger partial charge in [-0.05, 0) is 18.6 Å². The number of hydrogen-bond donors (Lipinski definition) is 0. The van der Waals surface area contributed by atoms with Crippen LogP contribution in [0.5, 0.6) is 0 Å². The maximum atomic E-state index is 9.20. The van der Waals surface area contributed by atoms with Crippen LogP contribution in [0.25, 0.3) is 10.8 Å². The number of anilines is 1. The topological polar surface area (TPSA) is 36.3 Å². The number of ether oxygens (including phenoxy) is 1. The van der Waals surface area contributed by atoms with Crippen molar-refractivity contribution in [2.24, 2.45) is 0 Å². The van der Waals surface area contributed by atoms with Crippen LogP contribution >= 0.6 is 0 Å². The van der Waals surface area contributed by atoms with E-state index in [0.717, 1.165) is 49.1 Å². The lowest BCUT2D eigenvalue weighted by molar-refractivity contribution is 0.152. The molecule has 0 bridgehead atoms. The van der Waals surface area contributed by atoms with Gasteiger partial charge in [-0.3, -0.25) is 0 Å². The van der Waals surface area contributed by atoms with Crippen LogP contribution in [-0.2, 0) is 4.74 Å². The summed E-state index contributed by atoms with van der Waals surface area (Å²) < 4.78 is 5.51. The summed E-state index contributed by atoms with van der Waals surface area (Å²) in [5.74, 6) is 0. The van der Waals surface area contributed by atoms with Gasteiger partial charge in [0.25, 0.3) is 0 Å².